The fourth-order valence-corrected chi connectivity index (χ4v) is 5.04. The van der Waals surface area contributed by atoms with Crippen LogP contribution in [0.5, 0.6) is 0 Å². The number of carbonyl (C=O) groups is 1. The highest BCUT2D eigenvalue weighted by molar-refractivity contribution is 7.11. The van der Waals surface area contributed by atoms with E-state index < -0.39 is 13.9 Å². The molecule has 1 atom stereocenters. The predicted molar refractivity (Wildman–Crippen MR) is 112 cm³/mol. The predicted octanol–water partition coefficient (Wildman–Crippen LogP) is 5.39. The van der Waals surface area contributed by atoms with Crippen molar-refractivity contribution in [2.24, 2.45) is 0 Å². The molecule has 0 bridgehead atoms. The highest BCUT2D eigenvalue weighted by Crippen LogP contribution is 2.42. The van der Waals surface area contributed by atoms with Crippen molar-refractivity contribution in [3.8, 4) is 0 Å². The fourth-order valence-electron chi connectivity index (χ4n) is 2.66. The van der Waals surface area contributed by atoms with Crippen molar-refractivity contribution in [3.63, 3.8) is 0 Å². The Balaban J connectivity index is 1.86. The Bertz CT molecular complexity index is 658. The van der Waals surface area contributed by atoms with Crippen molar-refractivity contribution in [3.05, 3.63) is 10.0 Å². The lowest BCUT2D eigenvalue weighted by atomic mass is 9.81. The molecule has 2 rings (SSSR count). The number of amides is 1. The van der Waals surface area contributed by atoms with Gasteiger partial charge in [-0.25, -0.2) is 4.79 Å². The largest absolute Gasteiger partial charge is 0.444 e. The molecular weight excluding hydrogens is 378 g/mol. The van der Waals surface area contributed by atoms with Crippen molar-refractivity contribution >= 4 is 25.7 Å². The lowest BCUT2D eigenvalue weighted by Gasteiger charge is -2.37. The number of rotatable bonds is 5. The van der Waals surface area contributed by atoms with Crippen molar-refractivity contribution in [1.82, 2.24) is 15.5 Å². The maximum atomic E-state index is 11.8. The van der Waals surface area contributed by atoms with Crippen LogP contribution in [0, 0.1) is 0 Å². The highest BCUT2D eigenvalue weighted by atomic mass is 32.1. The van der Waals surface area contributed by atoms with E-state index >= 15 is 0 Å². The van der Waals surface area contributed by atoms with E-state index in [4.69, 9.17) is 9.16 Å². The molecule has 1 aliphatic rings. The first-order valence-electron chi connectivity index (χ1n) is 9.68. The normalized spacial score (nSPS) is 22.1. The van der Waals surface area contributed by atoms with Crippen LogP contribution in [0.4, 0.5) is 4.79 Å². The lowest BCUT2D eigenvalue weighted by Crippen LogP contribution is -2.45. The van der Waals surface area contributed by atoms with Gasteiger partial charge in [0.15, 0.2) is 8.32 Å². The highest BCUT2D eigenvalue weighted by Gasteiger charge is 2.40. The number of aromatic nitrogens is 2. The summed E-state index contributed by atoms with van der Waals surface area (Å²) < 4.78 is 11.7. The Morgan fingerprint density at radius 2 is 1.78 bits per heavy atom. The van der Waals surface area contributed by atoms with Crippen LogP contribution in [0.15, 0.2) is 0 Å². The van der Waals surface area contributed by atoms with E-state index in [1.54, 1.807) is 11.3 Å². The summed E-state index contributed by atoms with van der Waals surface area (Å²) in [6, 6.07) is 0.151. The zero-order valence-corrected chi connectivity index (χ0v) is 20.0. The Morgan fingerprint density at radius 3 is 2.30 bits per heavy atom. The van der Waals surface area contributed by atoms with E-state index in [0.29, 0.717) is 5.92 Å². The molecule has 0 aromatic carbocycles. The number of carbonyl (C=O) groups excluding carboxylic acids is 1. The topological polar surface area (TPSA) is 73.3 Å². The number of alkyl carbamates (subject to hydrolysis) is 1. The number of nitrogens with one attached hydrogen (secondary N) is 1. The van der Waals surface area contributed by atoms with E-state index in [-0.39, 0.29) is 23.3 Å². The number of hydrogen-bond acceptors (Lipinski definition) is 6. The molecule has 0 saturated heterocycles. The van der Waals surface area contributed by atoms with E-state index in [0.717, 1.165) is 22.9 Å². The fraction of sp³-hybridized carbons (Fsp3) is 0.842. The molecule has 0 aliphatic heterocycles. The van der Waals surface area contributed by atoms with Crippen LogP contribution in [0.25, 0.3) is 0 Å². The zero-order chi connectivity index (χ0) is 20.6. The molecule has 1 aliphatic carbocycles. The molecule has 27 heavy (non-hydrogen) atoms. The van der Waals surface area contributed by atoms with Gasteiger partial charge in [-0.15, -0.1) is 10.2 Å². The summed E-state index contributed by atoms with van der Waals surface area (Å²) in [5.74, 6) is 0.358. The third-order valence-corrected chi connectivity index (χ3v) is 11.1. The molecule has 6 nitrogen and oxygen atoms in total. The molecule has 1 aromatic rings. The summed E-state index contributed by atoms with van der Waals surface area (Å²) in [5, 5.41) is 13.8. The molecule has 1 fully saturated rings. The minimum atomic E-state index is -1.83. The van der Waals surface area contributed by atoms with Crippen molar-refractivity contribution in [2.75, 3.05) is 0 Å². The first-order chi connectivity index (χ1) is 12.2. The van der Waals surface area contributed by atoms with Crippen molar-refractivity contribution < 1.29 is 14.0 Å². The van der Waals surface area contributed by atoms with Gasteiger partial charge in [0.1, 0.15) is 15.6 Å². The average Bonchev–Trinajstić information content (AvgIpc) is 2.87. The molecule has 1 amide bonds. The van der Waals surface area contributed by atoms with Gasteiger partial charge in [0.25, 0.3) is 0 Å². The number of ether oxygens (including phenoxy) is 1. The average molecular weight is 414 g/mol. The summed E-state index contributed by atoms with van der Waals surface area (Å²) in [6.07, 6.45) is 1.38. The molecule has 8 heteroatoms. The molecule has 0 unspecified atom stereocenters. The van der Waals surface area contributed by atoms with Gasteiger partial charge in [-0.1, -0.05) is 32.1 Å². The van der Waals surface area contributed by atoms with Gasteiger partial charge in [0.05, 0.1) is 6.10 Å². The quantitative estimate of drug-likeness (QED) is 0.655. The first kappa shape index (κ1) is 22.3. The summed E-state index contributed by atoms with van der Waals surface area (Å²) in [6.45, 7) is 18.9. The maximum absolute atomic E-state index is 11.8. The monoisotopic (exact) mass is 413 g/mol. The second kappa shape index (κ2) is 7.79. The summed E-state index contributed by atoms with van der Waals surface area (Å²) in [5.41, 5.74) is -0.471. The maximum Gasteiger partial charge on any atom is 0.407 e. The third-order valence-electron chi connectivity index (χ3n) is 5.29. The van der Waals surface area contributed by atoms with Gasteiger partial charge in [-0.05, 0) is 58.7 Å². The molecule has 1 N–H and O–H groups in total. The van der Waals surface area contributed by atoms with Gasteiger partial charge in [-0.3, -0.25) is 0 Å². The van der Waals surface area contributed by atoms with Crippen LogP contribution < -0.4 is 5.32 Å². The van der Waals surface area contributed by atoms with Crippen molar-refractivity contribution in [1.29, 1.82) is 0 Å². The first-order valence-corrected chi connectivity index (χ1v) is 13.4. The van der Waals surface area contributed by atoms with E-state index in [2.05, 4.69) is 56.3 Å². The lowest BCUT2D eigenvalue weighted by molar-refractivity contribution is 0.0471. The minimum Gasteiger partial charge on any atom is -0.444 e. The Morgan fingerprint density at radius 1 is 1.19 bits per heavy atom. The summed E-state index contributed by atoms with van der Waals surface area (Å²) >= 11 is 1.64. The van der Waals surface area contributed by atoms with Crippen LogP contribution in [0.1, 0.15) is 83.3 Å². The van der Waals surface area contributed by atoms with E-state index in [9.17, 15) is 4.79 Å². The van der Waals surface area contributed by atoms with Crippen LogP contribution >= 0.6 is 11.3 Å². The van der Waals surface area contributed by atoms with Gasteiger partial charge in [0, 0.05) is 12.0 Å². The van der Waals surface area contributed by atoms with Gasteiger partial charge >= 0.3 is 6.09 Å². The number of nitrogens with zero attached hydrogens (tertiary/aromatic N) is 2. The summed E-state index contributed by atoms with van der Waals surface area (Å²) in [7, 11) is -1.83. The van der Waals surface area contributed by atoms with Crippen LogP contribution in [0.3, 0.4) is 0 Å². The van der Waals surface area contributed by atoms with Gasteiger partial charge < -0.3 is 14.5 Å². The minimum absolute atomic E-state index is 0.0343. The molecular formula is C19H35N3O3SSi. The summed E-state index contributed by atoms with van der Waals surface area (Å²) in [4.78, 5) is 11.8. The number of hydrogen-bond donors (Lipinski definition) is 1. The van der Waals surface area contributed by atoms with E-state index in [1.165, 1.54) is 0 Å². The Kier molecular flexibility index (Phi) is 6.44. The van der Waals surface area contributed by atoms with Gasteiger partial charge in [-0.2, -0.15) is 0 Å². The molecule has 1 saturated carbocycles. The zero-order valence-electron chi connectivity index (χ0n) is 18.2. The standard InChI is InChI=1S/C19H35N3O3SSi/c1-12(25-27(8,9)19(5,6)7)15-21-22-16(26-15)13-10-14(11-13)20-17(23)24-18(2,3)4/h12-14H,10-11H2,1-9H3,(H,20,23)/t12-,13?,14?/m1/s1. The van der Waals surface area contributed by atoms with Crippen LogP contribution in [-0.4, -0.2) is 36.3 Å². The van der Waals surface area contributed by atoms with Gasteiger partial charge in [0.2, 0.25) is 0 Å². The third kappa shape index (κ3) is 5.99. The van der Waals surface area contributed by atoms with Crippen LogP contribution in [0.2, 0.25) is 18.1 Å². The molecule has 0 radical (unpaired) electrons. The second-order valence-corrected chi connectivity index (χ2v) is 15.8. The second-order valence-electron chi connectivity index (χ2n) is 10.0. The SMILES string of the molecule is C[C@@H](O[Si](C)(C)C(C)(C)C)c1nnc(C2CC(NC(=O)OC(C)(C)C)C2)s1. The molecule has 154 valence electrons. The van der Waals surface area contributed by atoms with E-state index in [1.807, 2.05) is 20.8 Å². The molecule has 1 aromatic heterocycles. The molecule has 1 heterocycles. The Labute approximate surface area is 168 Å². The van der Waals surface area contributed by atoms with Crippen LogP contribution in [-0.2, 0) is 9.16 Å². The van der Waals surface area contributed by atoms with Crippen molar-refractivity contribution in [2.45, 2.75) is 103 Å². The molecule has 0 spiro atoms. The Hall–Kier alpha value is -0.993. The smallest absolute Gasteiger partial charge is 0.407 e.